The molecule has 0 unspecified atom stereocenters. The van der Waals surface area contributed by atoms with Crippen LogP contribution >= 0.6 is 23.7 Å². The first-order chi connectivity index (χ1) is 15.6. The Balaban J connectivity index is 0.00000259. The van der Waals surface area contributed by atoms with Gasteiger partial charge < -0.3 is 9.84 Å². The number of nitrogens with zero attached hydrogens (tertiary/aromatic N) is 1. The van der Waals surface area contributed by atoms with Gasteiger partial charge >= 0.3 is 5.97 Å². The van der Waals surface area contributed by atoms with Crippen molar-refractivity contribution in [3.8, 4) is 28.1 Å². The molecule has 1 aliphatic carbocycles. The van der Waals surface area contributed by atoms with E-state index in [2.05, 4.69) is 12.1 Å². The van der Waals surface area contributed by atoms with Crippen LogP contribution in [0.15, 0.2) is 48.5 Å². The number of pyridine rings is 1. The van der Waals surface area contributed by atoms with Gasteiger partial charge in [-0.3, -0.25) is 4.79 Å². The third kappa shape index (κ3) is 4.23. The molecule has 0 radical (unpaired) electrons. The van der Waals surface area contributed by atoms with Gasteiger partial charge in [0.15, 0.2) is 0 Å². The van der Waals surface area contributed by atoms with Gasteiger partial charge in [0.25, 0.3) is 0 Å². The fraction of sp³-hybridized carbons (Fsp3) is 0.259. The van der Waals surface area contributed by atoms with E-state index in [0.717, 1.165) is 57.3 Å². The summed E-state index contributed by atoms with van der Waals surface area (Å²) in [6.45, 7) is 2.03. The van der Waals surface area contributed by atoms with E-state index in [-0.39, 0.29) is 18.8 Å². The highest BCUT2D eigenvalue weighted by molar-refractivity contribution is 7.19. The molecule has 0 saturated carbocycles. The van der Waals surface area contributed by atoms with Crippen LogP contribution in [0.3, 0.4) is 0 Å². The van der Waals surface area contributed by atoms with E-state index in [1.807, 2.05) is 43.3 Å². The van der Waals surface area contributed by atoms with Crippen LogP contribution in [0.2, 0.25) is 0 Å². The number of rotatable bonds is 5. The maximum Gasteiger partial charge on any atom is 0.307 e. The second-order valence-corrected chi connectivity index (χ2v) is 9.43. The molecular weight excluding hydrogens is 454 g/mol. The molecule has 0 fully saturated rings. The Hall–Kier alpha value is -2.89. The second kappa shape index (κ2) is 9.54. The largest absolute Gasteiger partial charge is 0.496 e. The molecule has 1 aliphatic rings. The molecule has 170 valence electrons. The summed E-state index contributed by atoms with van der Waals surface area (Å²) in [4.78, 5) is 19.6. The van der Waals surface area contributed by atoms with E-state index < -0.39 is 5.97 Å². The number of aromatic nitrogens is 1. The van der Waals surface area contributed by atoms with Gasteiger partial charge in [0.05, 0.1) is 19.2 Å². The summed E-state index contributed by atoms with van der Waals surface area (Å²) in [5.41, 5.74) is 6.79. The fourth-order valence-electron chi connectivity index (χ4n) is 4.80. The molecule has 0 bridgehead atoms. The van der Waals surface area contributed by atoms with E-state index in [4.69, 9.17) is 9.72 Å². The number of aliphatic carboxylic acids is 1. The van der Waals surface area contributed by atoms with Crippen LogP contribution in [-0.4, -0.2) is 23.2 Å². The number of thiophene rings is 1. The first-order valence-electron chi connectivity index (χ1n) is 11.0. The number of carbonyl (C=O) groups is 1. The molecule has 2 heterocycles. The highest BCUT2D eigenvalue weighted by Gasteiger charge is 2.27. The predicted molar refractivity (Wildman–Crippen MR) is 137 cm³/mol. The Labute approximate surface area is 203 Å². The summed E-state index contributed by atoms with van der Waals surface area (Å²) in [7, 11) is 1.64. The topological polar surface area (TPSA) is 59.4 Å². The Bertz CT molecular complexity index is 1330. The van der Waals surface area contributed by atoms with Gasteiger partial charge in [-0.15, -0.1) is 23.7 Å². The number of hydrogen-bond acceptors (Lipinski definition) is 4. The number of benzene rings is 2. The van der Waals surface area contributed by atoms with Gasteiger partial charge in [0.2, 0.25) is 0 Å². The van der Waals surface area contributed by atoms with Crippen molar-refractivity contribution in [2.45, 2.75) is 39.0 Å². The van der Waals surface area contributed by atoms with Gasteiger partial charge in [-0.05, 0) is 67.0 Å². The smallest absolute Gasteiger partial charge is 0.307 e. The molecule has 0 saturated heterocycles. The van der Waals surface area contributed by atoms with E-state index in [1.165, 1.54) is 16.9 Å². The Kier molecular flexibility index (Phi) is 6.73. The summed E-state index contributed by atoms with van der Waals surface area (Å²) < 4.78 is 5.67. The van der Waals surface area contributed by atoms with Crippen molar-refractivity contribution in [1.82, 2.24) is 4.98 Å². The average molecular weight is 480 g/mol. The van der Waals surface area contributed by atoms with Crippen molar-refractivity contribution in [2.75, 3.05) is 7.11 Å². The lowest BCUT2D eigenvalue weighted by Crippen LogP contribution is -2.07. The molecule has 2 aromatic carbocycles. The molecule has 1 N–H and O–H groups in total. The number of fused-ring (bicyclic) bond motifs is 3. The zero-order valence-corrected chi connectivity index (χ0v) is 20.3. The molecule has 6 heteroatoms. The first kappa shape index (κ1) is 23.3. The van der Waals surface area contributed by atoms with Crippen LogP contribution in [0.5, 0.6) is 5.75 Å². The maximum absolute atomic E-state index is 12.1. The predicted octanol–water partition coefficient (Wildman–Crippen LogP) is 6.88. The van der Waals surface area contributed by atoms with Crippen molar-refractivity contribution >= 4 is 39.9 Å². The SMILES string of the molecule is COc1ccc(C)cc1-c1nc2sc3c(c2c(-c2ccccc2)c1CC(=O)O)CCCC3.Cl. The minimum absolute atomic E-state index is 0. The number of ether oxygens (including phenoxy) is 1. The number of halogens is 1. The van der Waals surface area contributed by atoms with Crippen molar-refractivity contribution in [3.05, 3.63) is 70.1 Å². The van der Waals surface area contributed by atoms with Crippen molar-refractivity contribution < 1.29 is 14.6 Å². The molecule has 5 rings (SSSR count). The van der Waals surface area contributed by atoms with Gasteiger partial charge in [-0.25, -0.2) is 4.98 Å². The van der Waals surface area contributed by atoms with Crippen LogP contribution in [0.1, 0.15) is 34.4 Å². The van der Waals surface area contributed by atoms with Crippen LogP contribution in [0.25, 0.3) is 32.6 Å². The van der Waals surface area contributed by atoms with Gasteiger partial charge in [0.1, 0.15) is 10.6 Å². The molecule has 4 nitrogen and oxygen atoms in total. The lowest BCUT2D eigenvalue weighted by Gasteiger charge is -2.19. The first-order valence-corrected chi connectivity index (χ1v) is 11.8. The number of methoxy groups -OCH3 is 1. The van der Waals surface area contributed by atoms with Gasteiger partial charge in [0, 0.05) is 15.8 Å². The van der Waals surface area contributed by atoms with Crippen molar-refractivity contribution in [3.63, 3.8) is 0 Å². The molecule has 0 atom stereocenters. The van der Waals surface area contributed by atoms with Crippen LogP contribution in [-0.2, 0) is 24.1 Å². The Morgan fingerprint density at radius 2 is 1.88 bits per heavy atom. The number of carboxylic acid groups (broad SMARTS) is 1. The lowest BCUT2D eigenvalue weighted by atomic mass is 9.87. The summed E-state index contributed by atoms with van der Waals surface area (Å²) >= 11 is 1.76. The molecular formula is C27H26ClNO3S. The highest BCUT2D eigenvalue weighted by atomic mass is 35.5. The number of carboxylic acids is 1. The third-order valence-corrected chi connectivity index (χ3v) is 7.39. The molecule has 2 aromatic heterocycles. The zero-order valence-electron chi connectivity index (χ0n) is 18.7. The summed E-state index contributed by atoms with van der Waals surface area (Å²) in [6, 6.07) is 16.1. The molecule has 33 heavy (non-hydrogen) atoms. The van der Waals surface area contributed by atoms with Crippen LogP contribution in [0, 0.1) is 6.92 Å². The third-order valence-electron chi connectivity index (χ3n) is 6.20. The zero-order chi connectivity index (χ0) is 22.2. The maximum atomic E-state index is 12.1. The van der Waals surface area contributed by atoms with Crippen LogP contribution in [0.4, 0.5) is 0 Å². The van der Waals surface area contributed by atoms with E-state index in [1.54, 1.807) is 18.4 Å². The van der Waals surface area contributed by atoms with Crippen molar-refractivity contribution in [1.29, 1.82) is 0 Å². The molecule has 0 amide bonds. The highest BCUT2D eigenvalue weighted by Crippen LogP contribution is 2.46. The molecule has 0 aliphatic heterocycles. The normalized spacial score (nSPS) is 12.8. The lowest BCUT2D eigenvalue weighted by molar-refractivity contribution is -0.136. The van der Waals surface area contributed by atoms with Gasteiger partial charge in [-0.1, -0.05) is 42.0 Å². The molecule has 4 aromatic rings. The number of hydrogen-bond donors (Lipinski definition) is 1. The quantitative estimate of drug-likeness (QED) is 0.339. The van der Waals surface area contributed by atoms with E-state index in [0.29, 0.717) is 11.4 Å². The second-order valence-electron chi connectivity index (χ2n) is 8.35. The standard InChI is InChI=1S/C27H25NO3S.ClH/c1-16-12-13-21(31-2)19(14-16)26-20(15-23(29)30)24(17-8-4-3-5-9-17)25-18-10-6-7-11-22(18)32-27(25)28-26;/h3-5,8-9,12-14H,6-7,10-11,15H2,1-2H3,(H,29,30);1H. The minimum atomic E-state index is -0.861. The summed E-state index contributed by atoms with van der Waals surface area (Å²) in [5.74, 6) is -0.158. The average Bonchev–Trinajstić information content (AvgIpc) is 3.17. The summed E-state index contributed by atoms with van der Waals surface area (Å²) in [5, 5.41) is 11.0. The Morgan fingerprint density at radius 1 is 1.12 bits per heavy atom. The van der Waals surface area contributed by atoms with E-state index >= 15 is 0 Å². The minimum Gasteiger partial charge on any atom is -0.496 e. The fourth-order valence-corrected chi connectivity index (χ4v) is 6.07. The number of aryl methyl sites for hydroxylation is 3. The van der Waals surface area contributed by atoms with Crippen LogP contribution < -0.4 is 4.74 Å². The van der Waals surface area contributed by atoms with E-state index in [9.17, 15) is 9.90 Å². The Morgan fingerprint density at radius 3 is 2.61 bits per heavy atom. The monoisotopic (exact) mass is 479 g/mol. The van der Waals surface area contributed by atoms with Crippen molar-refractivity contribution in [2.24, 2.45) is 0 Å². The van der Waals surface area contributed by atoms with Gasteiger partial charge in [-0.2, -0.15) is 0 Å². The molecule has 0 spiro atoms. The summed E-state index contributed by atoms with van der Waals surface area (Å²) in [6.07, 6.45) is 4.36.